The van der Waals surface area contributed by atoms with E-state index in [-0.39, 0.29) is 49.5 Å². The third-order valence-corrected chi connectivity index (χ3v) is 32.0. The molecule has 24 heteroatoms. The van der Waals surface area contributed by atoms with Crippen LogP contribution in [0.4, 0.5) is 0 Å². The first kappa shape index (κ1) is 70.9. The van der Waals surface area contributed by atoms with Gasteiger partial charge in [-0.25, -0.2) is 9.59 Å². The molecule has 0 saturated heterocycles. The Bertz CT molecular complexity index is 1510. The topological polar surface area (TPSA) is 179 Å². The average molecular weight is 1130 g/mol. The summed E-state index contributed by atoms with van der Waals surface area (Å²) in [4.78, 5) is 47.5. The van der Waals surface area contributed by atoms with E-state index in [0.717, 1.165) is 0 Å². The summed E-state index contributed by atoms with van der Waals surface area (Å²) in [6.45, 7) is 54.0. The first-order valence-corrected chi connectivity index (χ1v) is 49.3. The molecular formula is C46H100O16Si8. The zero-order valence-corrected chi connectivity index (χ0v) is 56.0. The summed E-state index contributed by atoms with van der Waals surface area (Å²) < 4.78 is 73.1. The van der Waals surface area contributed by atoms with Crippen molar-refractivity contribution in [1.29, 1.82) is 0 Å². The first-order valence-electron chi connectivity index (χ1n) is 25.0. The number of carbonyl (C=O) groups is 4. The molecule has 0 radical (unpaired) electrons. The molecule has 0 bridgehead atoms. The summed E-state index contributed by atoms with van der Waals surface area (Å²) in [5.74, 6) is -1.72. The van der Waals surface area contributed by atoms with Crippen LogP contribution in [0.1, 0.15) is 66.2 Å². The number of rotatable bonds is 36. The maximum Gasteiger partial charge on any atom is 0.469 e. The van der Waals surface area contributed by atoms with Gasteiger partial charge in [0.15, 0.2) is 62.1 Å². The van der Waals surface area contributed by atoms with E-state index < -0.39 is 91.7 Å². The second kappa shape index (κ2) is 32.3. The molecule has 0 aromatic rings. The van der Waals surface area contributed by atoms with Crippen LogP contribution in [-0.4, -0.2) is 143 Å². The minimum absolute atomic E-state index is 0.0489. The van der Waals surface area contributed by atoms with E-state index >= 15 is 0 Å². The quantitative estimate of drug-likeness (QED) is 0.0190. The van der Waals surface area contributed by atoms with Gasteiger partial charge in [-0.15, -0.1) is 0 Å². The molecule has 70 heavy (non-hydrogen) atoms. The van der Waals surface area contributed by atoms with Crippen LogP contribution >= 0.6 is 0 Å². The van der Waals surface area contributed by atoms with Gasteiger partial charge in [-0.2, -0.15) is 0 Å². The molecule has 0 saturated carbocycles. The molecule has 0 aromatic carbocycles. The molecular weight excluding hydrogens is 1030 g/mol. The summed E-state index contributed by atoms with van der Waals surface area (Å²) in [6, 6.07) is 1.32. The first-order chi connectivity index (χ1) is 31.5. The lowest BCUT2D eigenvalue weighted by Crippen LogP contribution is -2.60. The molecule has 2 unspecified atom stereocenters. The van der Waals surface area contributed by atoms with Gasteiger partial charge in [-0.1, -0.05) is 27.0 Å². The molecule has 412 valence electrons. The fourth-order valence-corrected chi connectivity index (χ4v) is 35.4. The van der Waals surface area contributed by atoms with E-state index in [0.29, 0.717) is 63.8 Å². The maximum absolute atomic E-state index is 12.0. The third-order valence-electron chi connectivity index (χ3n) is 7.93. The van der Waals surface area contributed by atoms with Crippen molar-refractivity contribution in [3.05, 3.63) is 24.3 Å². The lowest BCUT2D eigenvalue weighted by molar-refractivity contribution is -0.161. The fourth-order valence-electron chi connectivity index (χ4n) is 6.13. The van der Waals surface area contributed by atoms with Gasteiger partial charge in [0, 0.05) is 49.3 Å². The highest BCUT2D eigenvalue weighted by Gasteiger charge is 2.51. The molecule has 0 aliphatic heterocycles. The van der Waals surface area contributed by atoms with E-state index in [4.69, 9.17) is 53.1 Å². The molecule has 0 fully saturated rings. The van der Waals surface area contributed by atoms with Crippen LogP contribution in [0, 0.1) is 0 Å². The van der Waals surface area contributed by atoms with Gasteiger partial charge in [0.05, 0.1) is 13.2 Å². The largest absolute Gasteiger partial charge is 0.469 e. The Kier molecular flexibility index (Phi) is 32.7. The highest BCUT2D eigenvalue weighted by Crippen LogP contribution is 2.31. The molecule has 0 N–H and O–H groups in total. The summed E-state index contributed by atoms with van der Waals surface area (Å²) in [6.07, 6.45) is 1.99. The van der Waals surface area contributed by atoms with E-state index in [1.54, 1.807) is 13.8 Å². The lowest BCUT2D eigenvalue weighted by atomic mass is 10.3. The van der Waals surface area contributed by atoms with Crippen LogP contribution in [0.25, 0.3) is 0 Å². The van der Waals surface area contributed by atoms with Crippen LogP contribution in [0.15, 0.2) is 24.3 Å². The Hall–Kier alpha value is -1.22. The third kappa shape index (κ3) is 40.2. The number of hydrogen-bond acceptors (Lipinski definition) is 16. The van der Waals surface area contributed by atoms with Crippen molar-refractivity contribution in [3.8, 4) is 0 Å². The van der Waals surface area contributed by atoms with E-state index in [1.165, 1.54) is 0 Å². The highest BCUT2D eigenvalue weighted by atomic mass is 28.5. The van der Waals surface area contributed by atoms with Crippen LogP contribution in [-0.2, 0) is 72.3 Å². The Balaban J connectivity index is 0. The van der Waals surface area contributed by atoms with E-state index in [9.17, 15) is 19.2 Å². The zero-order valence-electron chi connectivity index (χ0n) is 48.0. The predicted octanol–water partition coefficient (Wildman–Crippen LogP) is 11.4. The van der Waals surface area contributed by atoms with Crippen LogP contribution in [0.3, 0.4) is 0 Å². The molecule has 0 aliphatic carbocycles. The van der Waals surface area contributed by atoms with Gasteiger partial charge >= 0.3 is 41.5 Å². The Labute approximate surface area is 433 Å². The molecule has 16 nitrogen and oxygen atoms in total. The number of esters is 4. The lowest BCUT2D eigenvalue weighted by Gasteiger charge is -2.43. The molecule has 0 aliphatic rings. The molecule has 0 heterocycles. The minimum atomic E-state index is -2.92. The van der Waals surface area contributed by atoms with Crippen molar-refractivity contribution < 1.29 is 72.3 Å². The number of carbonyl (C=O) groups excluding carboxylic acids is 4. The average Bonchev–Trinajstić information content (AvgIpc) is 3.11. The van der Waals surface area contributed by atoms with E-state index in [1.807, 2.05) is 13.8 Å². The Morgan fingerprint density at radius 1 is 0.414 bits per heavy atom. The van der Waals surface area contributed by atoms with Gasteiger partial charge in [0.1, 0.15) is 13.2 Å². The molecule has 0 aromatic heterocycles. The smallest absolute Gasteiger partial charge is 0.462 e. The number of hydrogen-bond donors (Lipinski definition) is 0. The van der Waals surface area contributed by atoms with Gasteiger partial charge < -0.3 is 53.1 Å². The molecule has 0 amide bonds. The van der Waals surface area contributed by atoms with Crippen molar-refractivity contribution in [2.75, 3.05) is 39.6 Å². The Morgan fingerprint density at radius 2 is 0.714 bits per heavy atom. The van der Waals surface area contributed by atoms with Crippen molar-refractivity contribution in [1.82, 2.24) is 0 Å². The van der Waals surface area contributed by atoms with Crippen molar-refractivity contribution >= 4 is 91.4 Å². The molecule has 2 atom stereocenters. The highest BCUT2D eigenvalue weighted by molar-refractivity contribution is 6.91. The van der Waals surface area contributed by atoms with Crippen molar-refractivity contribution in [3.63, 3.8) is 0 Å². The zero-order chi connectivity index (χ0) is 55.0. The normalized spacial score (nSPS) is 13.9. The summed E-state index contributed by atoms with van der Waals surface area (Å²) in [5, 5.41) is 0. The Morgan fingerprint density at radius 3 is 1.01 bits per heavy atom. The SMILES string of the molecule is C=C(C)C(=O)OC(COCCC[Si](O[Si](C)(C)C)(O[Si](C)(C)C)O[Si](C)(C)C)COC(=O)CCC.C=C(C)C(=O)OCC(COCCC[Si](O[Si](C)(C)C)(O[Si](C)(C)C)O[Si](C)(C)C)OC(=O)CCC. The van der Waals surface area contributed by atoms with Crippen LogP contribution < -0.4 is 0 Å². The standard InChI is InChI=1S/2C23H50O8Si4/c1-13-15-22(24)28-21(19-27-23(25)20(2)3)18-26-16-14-17-35(29-32(4,5)6,30-33(7,8)9)31-34(10,11)12;1-13-15-22(24)27-19-21(28-23(25)20(2)3)18-26-16-14-17-35(29-32(4,5)6,30-33(7,8)9)31-34(10,11)12/h2*21H,2,13-19H2,1,3-12H3. The summed E-state index contributed by atoms with van der Waals surface area (Å²) in [5.41, 5.74) is 0.569. The van der Waals surface area contributed by atoms with Crippen LogP contribution in [0.2, 0.25) is 130 Å². The summed E-state index contributed by atoms with van der Waals surface area (Å²) in [7, 11) is -17.4. The van der Waals surface area contributed by atoms with E-state index in [2.05, 4.69) is 131 Å². The monoisotopic (exact) mass is 1130 g/mol. The second-order valence-electron chi connectivity index (χ2n) is 23.5. The van der Waals surface area contributed by atoms with Crippen molar-refractivity contribution in [2.45, 2.75) is 208 Å². The van der Waals surface area contributed by atoms with Gasteiger partial charge in [-0.05, 0) is 157 Å². The fraction of sp³-hybridized carbons (Fsp3) is 0.826. The van der Waals surface area contributed by atoms with Gasteiger partial charge in [0.2, 0.25) is 0 Å². The maximum atomic E-state index is 12.0. The molecule has 0 rings (SSSR count). The number of ether oxygens (including phenoxy) is 6. The molecule has 0 spiro atoms. The van der Waals surface area contributed by atoms with Gasteiger partial charge in [-0.3, -0.25) is 9.59 Å². The predicted molar refractivity (Wildman–Crippen MR) is 300 cm³/mol. The van der Waals surface area contributed by atoms with Crippen molar-refractivity contribution in [2.24, 2.45) is 0 Å². The summed E-state index contributed by atoms with van der Waals surface area (Å²) >= 11 is 0. The minimum Gasteiger partial charge on any atom is -0.462 e. The van der Waals surface area contributed by atoms with Gasteiger partial charge in [0.25, 0.3) is 0 Å². The van der Waals surface area contributed by atoms with Crippen LogP contribution in [0.5, 0.6) is 0 Å². The second-order valence-corrected chi connectivity index (χ2v) is 57.5.